The number of piperidine rings is 1. The Bertz CT molecular complexity index is 670. The number of halogens is 2. The van der Waals surface area contributed by atoms with Gasteiger partial charge in [0, 0.05) is 18.0 Å². The van der Waals surface area contributed by atoms with Gasteiger partial charge in [-0.05, 0) is 36.6 Å². The van der Waals surface area contributed by atoms with E-state index >= 15 is 0 Å². The van der Waals surface area contributed by atoms with Crippen molar-refractivity contribution in [1.82, 2.24) is 4.90 Å². The van der Waals surface area contributed by atoms with Gasteiger partial charge in [-0.2, -0.15) is 0 Å². The van der Waals surface area contributed by atoms with Gasteiger partial charge in [-0.1, -0.05) is 42.5 Å². The van der Waals surface area contributed by atoms with Crippen molar-refractivity contribution in [2.75, 3.05) is 6.54 Å². The predicted octanol–water partition coefficient (Wildman–Crippen LogP) is 3.88. The molecule has 1 unspecified atom stereocenters. The SMILES string of the molecule is Fc1cccc([C@@]23CCN(Cc4ccccc4)C2C3)c1F. The van der Waals surface area contributed by atoms with E-state index in [9.17, 15) is 8.78 Å². The zero-order valence-electron chi connectivity index (χ0n) is 11.7. The van der Waals surface area contributed by atoms with Crippen LogP contribution in [-0.2, 0) is 12.0 Å². The molecule has 2 aromatic rings. The van der Waals surface area contributed by atoms with E-state index in [4.69, 9.17) is 0 Å². The molecular formula is C18H17F2N. The van der Waals surface area contributed by atoms with Gasteiger partial charge in [-0.15, -0.1) is 0 Å². The molecule has 0 radical (unpaired) electrons. The van der Waals surface area contributed by atoms with Crippen molar-refractivity contribution in [3.8, 4) is 0 Å². The zero-order chi connectivity index (χ0) is 14.4. The number of rotatable bonds is 3. The van der Waals surface area contributed by atoms with Crippen molar-refractivity contribution in [2.24, 2.45) is 0 Å². The summed E-state index contributed by atoms with van der Waals surface area (Å²) in [7, 11) is 0. The van der Waals surface area contributed by atoms with Gasteiger partial charge >= 0.3 is 0 Å². The Balaban J connectivity index is 1.57. The molecule has 1 nitrogen and oxygen atoms in total. The van der Waals surface area contributed by atoms with Crippen molar-refractivity contribution in [2.45, 2.75) is 30.8 Å². The first-order valence-corrected chi connectivity index (χ1v) is 7.43. The highest BCUT2D eigenvalue weighted by atomic mass is 19.2. The van der Waals surface area contributed by atoms with Crippen molar-refractivity contribution in [3.05, 3.63) is 71.3 Å². The van der Waals surface area contributed by atoms with Crippen LogP contribution in [0.5, 0.6) is 0 Å². The molecule has 3 heteroatoms. The summed E-state index contributed by atoms with van der Waals surface area (Å²) in [6.45, 7) is 1.85. The van der Waals surface area contributed by atoms with E-state index in [-0.39, 0.29) is 5.41 Å². The Morgan fingerprint density at radius 1 is 1.05 bits per heavy atom. The van der Waals surface area contributed by atoms with Gasteiger partial charge in [0.05, 0.1) is 0 Å². The lowest BCUT2D eigenvalue weighted by molar-refractivity contribution is 0.291. The fourth-order valence-electron chi connectivity index (χ4n) is 3.85. The molecule has 1 saturated carbocycles. The van der Waals surface area contributed by atoms with Gasteiger partial charge in [0.15, 0.2) is 11.6 Å². The smallest absolute Gasteiger partial charge is 0.162 e. The number of fused-ring (bicyclic) bond motifs is 1. The van der Waals surface area contributed by atoms with E-state index in [1.807, 2.05) is 18.2 Å². The van der Waals surface area contributed by atoms with Gasteiger partial charge in [0.25, 0.3) is 0 Å². The van der Waals surface area contributed by atoms with Crippen molar-refractivity contribution >= 4 is 0 Å². The van der Waals surface area contributed by atoms with E-state index in [1.165, 1.54) is 11.6 Å². The lowest BCUT2D eigenvalue weighted by Gasteiger charge is -2.17. The number of nitrogens with zero attached hydrogens (tertiary/aromatic N) is 1. The lowest BCUT2D eigenvalue weighted by Crippen LogP contribution is -2.23. The average molecular weight is 285 g/mol. The van der Waals surface area contributed by atoms with E-state index in [1.54, 1.807) is 12.1 Å². The maximum absolute atomic E-state index is 14.1. The standard InChI is InChI=1S/C18H17F2N/c19-15-8-4-7-14(17(15)20)18-9-10-21(16(18)11-18)12-13-5-2-1-3-6-13/h1-8,16H,9-12H2/t16?,18-/m0/s1. The van der Waals surface area contributed by atoms with Crippen LogP contribution in [0.1, 0.15) is 24.0 Å². The van der Waals surface area contributed by atoms with Gasteiger partial charge < -0.3 is 0 Å². The molecule has 2 atom stereocenters. The van der Waals surface area contributed by atoms with Gasteiger partial charge in [0.2, 0.25) is 0 Å². The summed E-state index contributed by atoms with van der Waals surface area (Å²) < 4.78 is 27.6. The molecule has 2 fully saturated rings. The second-order valence-corrected chi connectivity index (χ2v) is 6.18. The topological polar surface area (TPSA) is 3.24 Å². The van der Waals surface area contributed by atoms with Crippen molar-refractivity contribution in [1.29, 1.82) is 0 Å². The third kappa shape index (κ3) is 1.99. The van der Waals surface area contributed by atoms with Crippen LogP contribution in [0.2, 0.25) is 0 Å². The summed E-state index contributed by atoms with van der Waals surface area (Å²) in [4.78, 5) is 2.40. The zero-order valence-corrected chi connectivity index (χ0v) is 11.7. The summed E-state index contributed by atoms with van der Waals surface area (Å²) in [6, 6.07) is 15.3. The molecule has 2 aromatic carbocycles. The predicted molar refractivity (Wildman–Crippen MR) is 77.9 cm³/mol. The third-order valence-electron chi connectivity index (χ3n) is 5.04. The average Bonchev–Trinajstić information content (AvgIpc) is 3.14. The molecule has 1 aliphatic carbocycles. The van der Waals surface area contributed by atoms with Gasteiger partial charge in [-0.25, -0.2) is 8.78 Å². The fraction of sp³-hybridized carbons (Fsp3) is 0.333. The summed E-state index contributed by atoms with van der Waals surface area (Å²) >= 11 is 0. The second kappa shape index (κ2) is 4.63. The van der Waals surface area contributed by atoms with Crippen LogP contribution >= 0.6 is 0 Å². The van der Waals surface area contributed by atoms with Crippen LogP contribution in [-0.4, -0.2) is 17.5 Å². The highest BCUT2D eigenvalue weighted by molar-refractivity contribution is 5.40. The molecule has 1 aliphatic heterocycles. The molecular weight excluding hydrogens is 268 g/mol. The molecule has 1 saturated heterocycles. The second-order valence-electron chi connectivity index (χ2n) is 6.18. The van der Waals surface area contributed by atoms with Gasteiger partial charge in [-0.3, -0.25) is 4.90 Å². The third-order valence-corrected chi connectivity index (χ3v) is 5.04. The van der Waals surface area contributed by atoms with Crippen LogP contribution < -0.4 is 0 Å². The Morgan fingerprint density at radius 2 is 1.86 bits per heavy atom. The monoisotopic (exact) mass is 285 g/mol. The number of hydrogen-bond donors (Lipinski definition) is 0. The Labute approximate surface area is 123 Å². The van der Waals surface area contributed by atoms with Crippen LogP contribution in [0.3, 0.4) is 0 Å². The highest BCUT2D eigenvalue weighted by Gasteiger charge is 2.62. The molecule has 108 valence electrons. The first-order valence-electron chi connectivity index (χ1n) is 7.43. The van der Waals surface area contributed by atoms with Crippen LogP contribution in [0.4, 0.5) is 8.78 Å². The summed E-state index contributed by atoms with van der Waals surface area (Å²) in [5, 5.41) is 0. The van der Waals surface area contributed by atoms with Gasteiger partial charge in [0.1, 0.15) is 0 Å². The number of benzene rings is 2. The van der Waals surface area contributed by atoms with E-state index in [0.29, 0.717) is 11.6 Å². The Morgan fingerprint density at radius 3 is 2.62 bits per heavy atom. The van der Waals surface area contributed by atoms with Crippen LogP contribution in [0.25, 0.3) is 0 Å². The molecule has 21 heavy (non-hydrogen) atoms. The Kier molecular flexibility index (Phi) is 2.86. The molecule has 0 aromatic heterocycles. The number of hydrogen-bond acceptors (Lipinski definition) is 1. The highest BCUT2D eigenvalue weighted by Crippen LogP contribution is 2.59. The fourth-order valence-corrected chi connectivity index (χ4v) is 3.85. The molecule has 1 heterocycles. The maximum atomic E-state index is 14.1. The molecule has 2 aliphatic rings. The molecule has 0 bridgehead atoms. The summed E-state index contributed by atoms with van der Waals surface area (Å²) in [5.41, 5.74) is 1.70. The minimum absolute atomic E-state index is 0.152. The molecule has 4 rings (SSSR count). The van der Waals surface area contributed by atoms with Crippen molar-refractivity contribution < 1.29 is 8.78 Å². The normalized spacial score (nSPS) is 27.6. The Hall–Kier alpha value is -1.74. The largest absolute Gasteiger partial charge is 0.295 e. The minimum Gasteiger partial charge on any atom is -0.295 e. The van der Waals surface area contributed by atoms with Crippen LogP contribution in [0.15, 0.2) is 48.5 Å². The van der Waals surface area contributed by atoms with Crippen LogP contribution in [0, 0.1) is 11.6 Å². The minimum atomic E-state index is -0.728. The lowest BCUT2D eigenvalue weighted by atomic mass is 9.93. The summed E-state index contributed by atoms with van der Waals surface area (Å²) in [5.74, 6) is -1.38. The quantitative estimate of drug-likeness (QED) is 0.827. The van der Waals surface area contributed by atoms with E-state index in [0.717, 1.165) is 25.9 Å². The van der Waals surface area contributed by atoms with E-state index in [2.05, 4.69) is 17.0 Å². The summed E-state index contributed by atoms with van der Waals surface area (Å²) in [6.07, 6.45) is 1.87. The molecule has 0 amide bonds. The van der Waals surface area contributed by atoms with E-state index < -0.39 is 11.6 Å². The maximum Gasteiger partial charge on any atom is 0.162 e. The molecule has 0 spiro atoms. The first-order chi connectivity index (χ1) is 10.2. The molecule has 0 N–H and O–H groups in total. The van der Waals surface area contributed by atoms with Crippen molar-refractivity contribution in [3.63, 3.8) is 0 Å². The number of likely N-dealkylation sites (tertiary alicyclic amines) is 1. The first kappa shape index (κ1) is 13.0.